The summed E-state index contributed by atoms with van der Waals surface area (Å²) in [5.41, 5.74) is 0.622. The van der Waals surface area contributed by atoms with Gasteiger partial charge in [-0.25, -0.2) is 0 Å². The lowest BCUT2D eigenvalue weighted by Crippen LogP contribution is -2.34. The number of benzene rings is 2. The highest BCUT2D eigenvalue weighted by molar-refractivity contribution is 7.86. The lowest BCUT2D eigenvalue weighted by molar-refractivity contribution is -0.437. The van der Waals surface area contributed by atoms with E-state index in [1.54, 1.807) is 42.7 Å². The summed E-state index contributed by atoms with van der Waals surface area (Å²) in [4.78, 5) is 40.0. The van der Waals surface area contributed by atoms with E-state index in [9.17, 15) is 61.7 Å². The van der Waals surface area contributed by atoms with Crippen molar-refractivity contribution < 1.29 is 75.9 Å². The van der Waals surface area contributed by atoms with Gasteiger partial charge in [-0.2, -0.15) is 38.2 Å². The lowest BCUT2D eigenvalue weighted by Gasteiger charge is -2.27. The van der Waals surface area contributed by atoms with E-state index in [1.807, 2.05) is 18.7 Å². The number of carboxylic acid groups (broad SMARTS) is 1. The second-order valence-corrected chi connectivity index (χ2v) is 22.0. The van der Waals surface area contributed by atoms with Gasteiger partial charge in [0, 0.05) is 67.0 Å². The van der Waals surface area contributed by atoms with Gasteiger partial charge in [-0.05, 0) is 62.6 Å². The molecule has 0 atom stereocenters. The molecule has 20 nitrogen and oxygen atoms in total. The van der Waals surface area contributed by atoms with Crippen LogP contribution in [0.1, 0.15) is 91.6 Å². The molecule has 0 saturated carbocycles. The second kappa shape index (κ2) is 19.0. The molecule has 62 heavy (non-hydrogen) atoms. The number of unbranched alkanes of at least 4 members (excludes halogenated alkanes) is 2. The van der Waals surface area contributed by atoms with Gasteiger partial charge in [-0.3, -0.25) is 32.6 Å². The normalized spacial score (nSPS) is 16.8. The Kier molecular flexibility index (Phi) is 15.4. The molecule has 2 aliphatic rings. The molecule has 0 bridgehead atoms. The Hall–Kier alpha value is -4.56. The summed E-state index contributed by atoms with van der Waals surface area (Å²) in [6, 6.07) is 6.82. The molecule has 0 aromatic heterocycles. The van der Waals surface area contributed by atoms with Gasteiger partial charge in [0.1, 0.15) is 6.54 Å². The van der Waals surface area contributed by atoms with E-state index in [2.05, 4.69) is 10.6 Å². The van der Waals surface area contributed by atoms with Gasteiger partial charge in [0.2, 0.25) is 5.69 Å². The van der Waals surface area contributed by atoms with Gasteiger partial charge in [0.25, 0.3) is 52.3 Å². The van der Waals surface area contributed by atoms with Crippen molar-refractivity contribution in [3.63, 3.8) is 0 Å². The molecule has 2 aromatic carbocycles. The first-order chi connectivity index (χ1) is 28.4. The maximum Gasteiger partial charge on any atom is 0.303 e. The Morgan fingerprint density at radius 3 is 1.90 bits per heavy atom. The van der Waals surface area contributed by atoms with Crippen LogP contribution in [-0.4, -0.2) is 128 Å². The largest absolute Gasteiger partial charge is 0.481 e. The molecule has 24 heteroatoms. The fraction of sp³-hybridized carbons (Fsp3) is 0.474. The van der Waals surface area contributed by atoms with Gasteiger partial charge in [-0.1, -0.05) is 26.3 Å². The number of aliphatic carboxylic acids is 1. The van der Waals surface area contributed by atoms with Crippen LogP contribution in [0.3, 0.4) is 0 Å². The maximum atomic E-state index is 13.8. The second-order valence-electron chi connectivity index (χ2n) is 15.8. The molecule has 0 aliphatic carbocycles. The van der Waals surface area contributed by atoms with Crippen molar-refractivity contribution in [1.29, 1.82) is 0 Å². The Labute approximate surface area is 360 Å². The predicted molar refractivity (Wildman–Crippen MR) is 228 cm³/mol. The summed E-state index contributed by atoms with van der Waals surface area (Å²) in [7, 11) is -18.0. The van der Waals surface area contributed by atoms with Crippen LogP contribution in [-0.2, 0) is 56.1 Å². The third-order valence-corrected chi connectivity index (χ3v) is 13.6. The molecule has 2 aliphatic heterocycles. The molecule has 2 aromatic rings. The quantitative estimate of drug-likeness (QED) is 0.0537. The minimum Gasteiger partial charge on any atom is -0.481 e. The first-order valence-corrected chi connectivity index (χ1v) is 25.5. The lowest BCUT2D eigenvalue weighted by atomic mass is 9.78. The van der Waals surface area contributed by atoms with Crippen LogP contribution in [0.15, 0.2) is 59.2 Å². The molecular weight excluding hydrogens is 897 g/mol. The maximum absolute atomic E-state index is 13.8. The highest BCUT2D eigenvalue weighted by Crippen LogP contribution is 2.49. The standard InChI is InChI=1S/C38H50N4O16S4/c1-37(2)28-24-26(62(56,57)58)13-14-29(28)41(17-7-5-6-12-33(43)44)31(37)10-8-11-32-38(3,4)34-27(36(46)40-16-21-61(53,54)55)22-25(35(45)39-15-20-60(50,51)52)23-30(34)42(32)18-9-19-59(47,48)49/h8,10-11,13-14,22-24H,5-7,9,12,15-21H2,1-4H3,(H6-,39,40,43,44,45,46,47,48,49,50,51,52,53,54,55,56,57,58)/p+1. The minimum atomic E-state index is -4.57. The first-order valence-electron chi connectivity index (χ1n) is 19.2. The molecule has 0 unspecified atom stereocenters. The summed E-state index contributed by atoms with van der Waals surface area (Å²) in [6.07, 6.45) is 6.52. The number of anilines is 1. The number of nitrogens with zero attached hydrogens (tertiary/aromatic N) is 2. The number of hydrogen-bond donors (Lipinski definition) is 7. The van der Waals surface area contributed by atoms with Gasteiger partial charge in [0.05, 0.1) is 38.7 Å². The van der Waals surface area contributed by atoms with Crippen LogP contribution in [0.5, 0.6) is 0 Å². The average Bonchev–Trinajstić information content (AvgIpc) is 3.46. The van der Waals surface area contributed by atoms with E-state index in [4.69, 9.17) is 9.66 Å². The van der Waals surface area contributed by atoms with E-state index < -0.39 is 99.4 Å². The third kappa shape index (κ3) is 12.8. The van der Waals surface area contributed by atoms with E-state index in [1.165, 1.54) is 24.3 Å². The summed E-state index contributed by atoms with van der Waals surface area (Å²) in [6.45, 7) is 6.44. The number of carboxylic acids is 1. The highest BCUT2D eigenvalue weighted by atomic mass is 32.2. The minimum absolute atomic E-state index is 0.0170. The average molecular weight is 948 g/mol. The van der Waals surface area contributed by atoms with Crippen LogP contribution < -0.4 is 15.5 Å². The molecule has 0 fully saturated rings. The number of carbonyl (C=O) groups excluding carboxylic acids is 2. The Morgan fingerprint density at radius 2 is 1.34 bits per heavy atom. The van der Waals surface area contributed by atoms with Gasteiger partial charge >= 0.3 is 5.97 Å². The Bertz CT molecular complexity index is 2670. The van der Waals surface area contributed by atoms with Crippen molar-refractivity contribution in [2.75, 3.05) is 48.3 Å². The zero-order valence-corrected chi connectivity index (χ0v) is 37.6. The van der Waals surface area contributed by atoms with Gasteiger partial charge in [0.15, 0.2) is 5.71 Å². The topological polar surface area (TPSA) is 319 Å². The molecule has 2 heterocycles. The summed E-state index contributed by atoms with van der Waals surface area (Å²) in [5, 5.41) is 13.9. The Morgan fingerprint density at radius 1 is 0.742 bits per heavy atom. The van der Waals surface area contributed by atoms with Gasteiger partial charge < -0.3 is 20.6 Å². The van der Waals surface area contributed by atoms with Crippen molar-refractivity contribution in [3.8, 4) is 0 Å². The highest BCUT2D eigenvalue weighted by Gasteiger charge is 2.48. The molecule has 0 saturated heterocycles. The third-order valence-electron chi connectivity index (χ3n) is 10.5. The summed E-state index contributed by atoms with van der Waals surface area (Å²) >= 11 is 0. The molecular formula is C38H51N4O16S4+. The van der Waals surface area contributed by atoms with E-state index >= 15 is 0 Å². The fourth-order valence-electron chi connectivity index (χ4n) is 7.64. The molecule has 4 rings (SSSR count). The molecule has 2 amide bonds. The van der Waals surface area contributed by atoms with E-state index in [-0.39, 0.29) is 41.1 Å². The number of fused-ring (bicyclic) bond motifs is 2. The van der Waals surface area contributed by atoms with E-state index in [0.717, 1.165) is 0 Å². The number of nitrogens with one attached hydrogen (secondary N) is 2. The van der Waals surface area contributed by atoms with Crippen LogP contribution in [0.25, 0.3) is 0 Å². The number of carbonyl (C=O) groups is 3. The molecule has 0 spiro atoms. The smallest absolute Gasteiger partial charge is 0.303 e. The van der Waals surface area contributed by atoms with Crippen LogP contribution >= 0.6 is 0 Å². The summed E-state index contributed by atoms with van der Waals surface area (Å²) in [5.74, 6) is -4.99. The summed E-state index contributed by atoms with van der Waals surface area (Å²) < 4.78 is 133. The van der Waals surface area contributed by atoms with Crippen molar-refractivity contribution in [3.05, 3.63) is 76.5 Å². The zero-order chi connectivity index (χ0) is 46.6. The van der Waals surface area contributed by atoms with Gasteiger partial charge in [-0.15, -0.1) is 0 Å². The van der Waals surface area contributed by atoms with Crippen molar-refractivity contribution in [2.45, 2.75) is 75.5 Å². The number of rotatable bonds is 21. The monoisotopic (exact) mass is 947 g/mol. The number of amides is 2. The zero-order valence-electron chi connectivity index (χ0n) is 34.4. The van der Waals surface area contributed by atoms with Crippen LogP contribution in [0.2, 0.25) is 0 Å². The Balaban J connectivity index is 1.89. The number of hydrogen-bond acceptors (Lipinski definition) is 12. The van der Waals surface area contributed by atoms with Crippen LogP contribution in [0, 0.1) is 0 Å². The van der Waals surface area contributed by atoms with Crippen LogP contribution in [0.4, 0.5) is 11.4 Å². The predicted octanol–water partition coefficient (Wildman–Crippen LogP) is 2.71. The van der Waals surface area contributed by atoms with E-state index in [0.29, 0.717) is 54.0 Å². The van der Waals surface area contributed by atoms with Crippen molar-refractivity contribution in [1.82, 2.24) is 10.6 Å². The molecule has 0 radical (unpaired) electrons. The first kappa shape index (κ1) is 50.1. The molecule has 342 valence electrons. The SMILES string of the molecule is CC1(C)C(/C=C/C=C2/N(CCCCCC(=O)O)c3ccc(S(=O)(=O)O)cc3C2(C)C)=[N+](CCCS(=O)(=O)O)c2cc(C(=O)NCCS(=O)(=O)O)cc(C(=O)NCCS(=O)(=O)O)c21. The number of allylic oxidation sites excluding steroid dienone is 4. The fourth-order valence-corrected chi connectivity index (χ4v) is 9.36. The van der Waals surface area contributed by atoms with Crippen molar-refractivity contribution >= 4 is 75.3 Å². The van der Waals surface area contributed by atoms with Crippen molar-refractivity contribution in [2.24, 2.45) is 0 Å². The molecule has 7 N–H and O–H groups in total.